The number of nitrogens with zero attached hydrogens (tertiary/aromatic N) is 3. The first kappa shape index (κ1) is 15.6. The number of rotatable bonds is 4. The van der Waals surface area contributed by atoms with E-state index in [2.05, 4.69) is 10.1 Å². The first-order valence-corrected chi connectivity index (χ1v) is 8.65. The number of hydrogen-bond acceptors (Lipinski definition) is 6. The smallest absolute Gasteiger partial charge is 0.259 e. The predicted octanol–water partition coefficient (Wildman–Crippen LogP) is 4.12. The van der Waals surface area contributed by atoms with Crippen molar-refractivity contribution in [2.75, 3.05) is 7.05 Å². The van der Waals surface area contributed by atoms with Crippen LogP contribution in [0.1, 0.15) is 21.6 Å². The van der Waals surface area contributed by atoms with Gasteiger partial charge in [0, 0.05) is 13.6 Å². The lowest BCUT2D eigenvalue weighted by Gasteiger charge is -2.17. The van der Waals surface area contributed by atoms with E-state index in [1.807, 2.05) is 16.8 Å². The molecular formula is C18H15N3O3S. The summed E-state index contributed by atoms with van der Waals surface area (Å²) >= 11 is 1.61. The van der Waals surface area contributed by atoms with E-state index in [0.717, 1.165) is 5.56 Å². The first-order valence-electron chi connectivity index (χ1n) is 7.71. The molecule has 0 saturated heterocycles. The number of thiophene rings is 1. The minimum atomic E-state index is -0.113. The van der Waals surface area contributed by atoms with Crippen LogP contribution in [0.15, 0.2) is 50.2 Å². The molecule has 4 rings (SSSR count). The summed E-state index contributed by atoms with van der Waals surface area (Å²) in [6.07, 6.45) is 1.57. The Morgan fingerprint density at radius 3 is 2.96 bits per heavy atom. The summed E-state index contributed by atoms with van der Waals surface area (Å²) in [5.74, 6) is 0.461. The molecule has 0 fully saturated rings. The molecule has 0 aromatic carbocycles. The highest BCUT2D eigenvalue weighted by atomic mass is 32.1. The second kappa shape index (κ2) is 6.18. The van der Waals surface area contributed by atoms with Crippen LogP contribution in [0.4, 0.5) is 0 Å². The molecule has 1 amide bonds. The lowest BCUT2D eigenvalue weighted by atomic mass is 10.1. The molecule has 4 aromatic rings. The van der Waals surface area contributed by atoms with Crippen molar-refractivity contribution in [2.45, 2.75) is 13.5 Å². The maximum atomic E-state index is 13.1. The topological polar surface area (TPSA) is 72.4 Å². The zero-order valence-electron chi connectivity index (χ0n) is 13.7. The second-order valence-electron chi connectivity index (χ2n) is 5.77. The molecule has 0 bridgehead atoms. The van der Waals surface area contributed by atoms with Crippen molar-refractivity contribution in [3.63, 3.8) is 0 Å². The quantitative estimate of drug-likeness (QED) is 0.552. The molecule has 0 aliphatic carbocycles. The van der Waals surface area contributed by atoms with Gasteiger partial charge in [0.2, 0.25) is 0 Å². The highest BCUT2D eigenvalue weighted by Gasteiger charge is 2.22. The van der Waals surface area contributed by atoms with Gasteiger partial charge in [0.1, 0.15) is 5.69 Å². The molecule has 0 spiro atoms. The summed E-state index contributed by atoms with van der Waals surface area (Å²) in [7, 11) is 1.78. The van der Waals surface area contributed by atoms with Gasteiger partial charge in [0.25, 0.3) is 11.6 Å². The minimum absolute atomic E-state index is 0.113. The number of furan rings is 1. The molecule has 0 aliphatic rings. The molecule has 6 nitrogen and oxygen atoms in total. The number of hydrogen-bond donors (Lipinski definition) is 0. The van der Waals surface area contributed by atoms with E-state index in [-0.39, 0.29) is 5.91 Å². The standard InChI is InChI=1S/C18H15N3O3S/c1-11-16-13(18(22)21(2)9-12-5-7-25-10-12)8-14(15-4-3-6-23-15)19-17(16)24-20-11/h3-8,10H,9H2,1-2H3. The normalized spacial score (nSPS) is 11.1. The fourth-order valence-corrected chi connectivity index (χ4v) is 3.41. The Kier molecular flexibility index (Phi) is 3.85. The van der Waals surface area contributed by atoms with E-state index < -0.39 is 0 Å². The molecule has 0 saturated carbocycles. The van der Waals surface area contributed by atoms with E-state index in [4.69, 9.17) is 8.94 Å². The molecule has 0 aliphatic heterocycles. The number of fused-ring (bicyclic) bond motifs is 1. The van der Waals surface area contributed by atoms with Crippen LogP contribution in [0.5, 0.6) is 0 Å². The van der Waals surface area contributed by atoms with E-state index in [0.29, 0.717) is 40.4 Å². The first-order chi connectivity index (χ1) is 12.1. The summed E-state index contributed by atoms with van der Waals surface area (Å²) in [5.41, 5.74) is 3.12. The van der Waals surface area contributed by atoms with Gasteiger partial charge in [-0.15, -0.1) is 0 Å². The summed E-state index contributed by atoms with van der Waals surface area (Å²) in [6, 6.07) is 7.31. The number of aryl methyl sites for hydroxylation is 1. The largest absolute Gasteiger partial charge is 0.463 e. The van der Waals surface area contributed by atoms with Gasteiger partial charge in [0.05, 0.1) is 22.9 Å². The average Bonchev–Trinajstić information content (AvgIpc) is 3.35. The molecule has 0 N–H and O–H groups in total. The van der Waals surface area contributed by atoms with Gasteiger partial charge in [-0.1, -0.05) is 5.16 Å². The number of aromatic nitrogens is 2. The van der Waals surface area contributed by atoms with E-state index >= 15 is 0 Å². The van der Waals surface area contributed by atoms with Crippen molar-refractivity contribution in [3.8, 4) is 11.5 Å². The average molecular weight is 353 g/mol. The van der Waals surface area contributed by atoms with Crippen molar-refractivity contribution >= 4 is 28.3 Å². The maximum Gasteiger partial charge on any atom is 0.259 e. The highest BCUT2D eigenvalue weighted by molar-refractivity contribution is 7.07. The van der Waals surface area contributed by atoms with Gasteiger partial charge in [-0.25, -0.2) is 4.98 Å². The molecule has 126 valence electrons. The number of carbonyl (C=O) groups excluding carboxylic acids is 1. The zero-order valence-corrected chi connectivity index (χ0v) is 14.5. The fourth-order valence-electron chi connectivity index (χ4n) is 2.75. The Hall–Kier alpha value is -2.93. The molecule has 4 aromatic heterocycles. The second-order valence-corrected chi connectivity index (χ2v) is 6.55. The predicted molar refractivity (Wildman–Crippen MR) is 94.4 cm³/mol. The van der Waals surface area contributed by atoms with Gasteiger partial charge in [-0.2, -0.15) is 11.3 Å². The monoisotopic (exact) mass is 353 g/mol. The van der Waals surface area contributed by atoms with Crippen LogP contribution in [0, 0.1) is 6.92 Å². The number of amides is 1. The van der Waals surface area contributed by atoms with E-state index in [9.17, 15) is 4.79 Å². The molecular weight excluding hydrogens is 338 g/mol. The van der Waals surface area contributed by atoms with Crippen LogP contribution in [0.3, 0.4) is 0 Å². The molecule has 4 heterocycles. The Balaban J connectivity index is 1.79. The van der Waals surface area contributed by atoms with Gasteiger partial charge >= 0.3 is 0 Å². The van der Waals surface area contributed by atoms with Crippen molar-refractivity contribution in [2.24, 2.45) is 0 Å². The van der Waals surface area contributed by atoms with Gasteiger partial charge < -0.3 is 13.8 Å². The Morgan fingerprint density at radius 2 is 2.24 bits per heavy atom. The molecule has 0 atom stereocenters. The summed E-state index contributed by atoms with van der Waals surface area (Å²) in [6.45, 7) is 2.34. The van der Waals surface area contributed by atoms with Crippen LogP contribution in [0.2, 0.25) is 0 Å². The minimum Gasteiger partial charge on any atom is -0.463 e. The lowest BCUT2D eigenvalue weighted by Crippen LogP contribution is -2.26. The fraction of sp³-hybridized carbons (Fsp3) is 0.167. The summed E-state index contributed by atoms with van der Waals surface area (Å²) < 4.78 is 10.7. The Labute approximate surface area is 147 Å². The van der Waals surface area contributed by atoms with Gasteiger partial charge in [-0.3, -0.25) is 4.79 Å². The molecule has 0 radical (unpaired) electrons. The molecule has 0 unspecified atom stereocenters. The molecule has 7 heteroatoms. The van der Waals surface area contributed by atoms with Crippen molar-refractivity contribution in [1.29, 1.82) is 0 Å². The van der Waals surface area contributed by atoms with Crippen molar-refractivity contribution < 1.29 is 13.7 Å². The third-order valence-electron chi connectivity index (χ3n) is 3.97. The van der Waals surface area contributed by atoms with Crippen LogP contribution in [-0.2, 0) is 6.54 Å². The van der Waals surface area contributed by atoms with Gasteiger partial charge in [0.15, 0.2) is 5.76 Å². The van der Waals surface area contributed by atoms with Crippen molar-refractivity contribution in [3.05, 3.63) is 58.1 Å². The van der Waals surface area contributed by atoms with E-state index in [1.54, 1.807) is 54.7 Å². The summed E-state index contributed by atoms with van der Waals surface area (Å²) in [5, 5.41) is 8.63. The van der Waals surface area contributed by atoms with Crippen LogP contribution >= 0.6 is 11.3 Å². The Bertz CT molecular complexity index is 1020. The third-order valence-corrected chi connectivity index (χ3v) is 4.70. The Morgan fingerprint density at radius 1 is 1.36 bits per heavy atom. The van der Waals surface area contributed by atoms with Crippen molar-refractivity contribution in [1.82, 2.24) is 15.0 Å². The zero-order chi connectivity index (χ0) is 17.4. The van der Waals surface area contributed by atoms with Crippen LogP contribution in [-0.4, -0.2) is 28.0 Å². The lowest BCUT2D eigenvalue weighted by molar-refractivity contribution is 0.0787. The van der Waals surface area contributed by atoms with Crippen LogP contribution < -0.4 is 0 Å². The van der Waals surface area contributed by atoms with E-state index in [1.165, 1.54) is 0 Å². The third kappa shape index (κ3) is 2.83. The molecule has 25 heavy (non-hydrogen) atoms. The maximum absolute atomic E-state index is 13.1. The number of carbonyl (C=O) groups is 1. The van der Waals surface area contributed by atoms with Gasteiger partial charge in [-0.05, 0) is 47.5 Å². The highest BCUT2D eigenvalue weighted by Crippen LogP contribution is 2.28. The summed E-state index contributed by atoms with van der Waals surface area (Å²) in [4.78, 5) is 19.2. The SMILES string of the molecule is Cc1noc2nc(-c3ccco3)cc(C(=O)N(C)Cc3ccsc3)c12. The van der Waals surface area contributed by atoms with Crippen LogP contribution in [0.25, 0.3) is 22.6 Å². The number of pyridine rings is 1.